The van der Waals surface area contributed by atoms with Crippen molar-refractivity contribution < 1.29 is 4.79 Å². The summed E-state index contributed by atoms with van der Waals surface area (Å²) in [6.45, 7) is 8.90. The molecule has 2 N–H and O–H groups in total. The summed E-state index contributed by atoms with van der Waals surface area (Å²) < 4.78 is 0. The first-order chi connectivity index (χ1) is 12.0. The molecule has 1 aliphatic carbocycles. The molecular weight excluding hydrogens is 463 g/mol. The molecule has 26 heavy (non-hydrogen) atoms. The van der Waals surface area contributed by atoms with E-state index >= 15 is 0 Å². The number of aliphatic imine (C=N–C) groups is 1. The minimum atomic E-state index is 0. The molecule has 2 aliphatic rings. The lowest BCUT2D eigenvalue weighted by Crippen LogP contribution is -2.54. The molecule has 9 heteroatoms. The van der Waals surface area contributed by atoms with E-state index in [9.17, 15) is 4.79 Å². The average molecular weight is 492 g/mol. The maximum Gasteiger partial charge on any atom is 0.234 e. The number of nitrogens with zero attached hydrogens (tertiary/aromatic N) is 4. The third kappa shape index (κ3) is 6.05. The molecule has 0 bridgehead atoms. The quantitative estimate of drug-likeness (QED) is 0.369. The Morgan fingerprint density at radius 2 is 1.96 bits per heavy atom. The van der Waals surface area contributed by atoms with E-state index in [0.717, 1.165) is 62.2 Å². The molecule has 1 aromatic rings. The van der Waals surface area contributed by atoms with E-state index in [-0.39, 0.29) is 29.9 Å². The zero-order valence-corrected chi connectivity index (χ0v) is 18.9. The van der Waals surface area contributed by atoms with Crippen LogP contribution >= 0.6 is 35.3 Å². The number of thiazole rings is 1. The number of piperazine rings is 1. The molecule has 1 aliphatic heterocycles. The molecule has 1 aromatic heterocycles. The number of aryl methyl sites for hydroxylation is 2. The molecule has 7 nitrogen and oxygen atoms in total. The summed E-state index contributed by atoms with van der Waals surface area (Å²) in [5.74, 6) is 1.09. The maximum absolute atomic E-state index is 11.9. The monoisotopic (exact) mass is 492 g/mol. The van der Waals surface area contributed by atoms with Gasteiger partial charge in [0.25, 0.3) is 0 Å². The molecule has 3 rings (SSSR count). The summed E-state index contributed by atoms with van der Waals surface area (Å²) >= 11 is 1.73. The molecule has 0 spiro atoms. The van der Waals surface area contributed by atoms with Crippen LogP contribution in [0.1, 0.15) is 28.4 Å². The van der Waals surface area contributed by atoms with Crippen LogP contribution in [-0.4, -0.2) is 72.5 Å². The van der Waals surface area contributed by atoms with Crippen LogP contribution in [0.4, 0.5) is 0 Å². The van der Waals surface area contributed by atoms with E-state index in [1.165, 1.54) is 4.88 Å². The smallest absolute Gasteiger partial charge is 0.234 e. The SMILES string of the molecule is CN=C(NCc1sc(C)nc1C)N1CCN(CC(=O)NC2CC2)CC1.I. The van der Waals surface area contributed by atoms with Gasteiger partial charge in [0.2, 0.25) is 5.91 Å². The minimum Gasteiger partial charge on any atom is -0.352 e. The predicted molar refractivity (Wildman–Crippen MR) is 116 cm³/mol. The van der Waals surface area contributed by atoms with Gasteiger partial charge in [-0.25, -0.2) is 4.98 Å². The van der Waals surface area contributed by atoms with Gasteiger partial charge in [-0.3, -0.25) is 14.7 Å². The largest absolute Gasteiger partial charge is 0.352 e. The number of amides is 1. The first kappa shape index (κ1) is 21.4. The maximum atomic E-state index is 11.9. The second kappa shape index (κ2) is 9.84. The Morgan fingerprint density at radius 1 is 1.27 bits per heavy atom. The van der Waals surface area contributed by atoms with Crippen LogP contribution in [0.3, 0.4) is 0 Å². The highest BCUT2D eigenvalue weighted by molar-refractivity contribution is 14.0. The van der Waals surface area contributed by atoms with Gasteiger partial charge in [-0.05, 0) is 26.7 Å². The topological polar surface area (TPSA) is 72.9 Å². The summed E-state index contributed by atoms with van der Waals surface area (Å²) in [6, 6.07) is 0.440. The van der Waals surface area contributed by atoms with Gasteiger partial charge >= 0.3 is 0 Å². The lowest BCUT2D eigenvalue weighted by atomic mass is 10.3. The van der Waals surface area contributed by atoms with E-state index in [1.54, 1.807) is 11.3 Å². The van der Waals surface area contributed by atoms with Gasteiger partial charge in [-0.15, -0.1) is 35.3 Å². The van der Waals surface area contributed by atoms with E-state index < -0.39 is 0 Å². The summed E-state index contributed by atoms with van der Waals surface area (Å²) in [5, 5.41) is 7.60. The van der Waals surface area contributed by atoms with Gasteiger partial charge in [0, 0.05) is 44.1 Å². The van der Waals surface area contributed by atoms with Crippen molar-refractivity contribution in [3.63, 3.8) is 0 Å². The normalized spacial score (nSPS) is 18.4. The zero-order chi connectivity index (χ0) is 17.8. The van der Waals surface area contributed by atoms with E-state index in [0.29, 0.717) is 12.6 Å². The highest BCUT2D eigenvalue weighted by Crippen LogP contribution is 2.18. The Bertz CT molecular complexity index is 637. The van der Waals surface area contributed by atoms with Crippen LogP contribution in [0.5, 0.6) is 0 Å². The number of hydrogen-bond donors (Lipinski definition) is 2. The first-order valence-corrected chi connectivity index (χ1v) is 9.77. The average Bonchev–Trinajstić information content (AvgIpc) is 3.33. The molecule has 1 saturated heterocycles. The number of carbonyl (C=O) groups is 1. The van der Waals surface area contributed by atoms with Gasteiger partial charge in [-0.2, -0.15) is 0 Å². The number of nitrogens with one attached hydrogen (secondary N) is 2. The van der Waals surface area contributed by atoms with Gasteiger partial charge < -0.3 is 15.5 Å². The van der Waals surface area contributed by atoms with Crippen LogP contribution < -0.4 is 10.6 Å². The molecule has 0 atom stereocenters. The Kier molecular flexibility index (Phi) is 8.08. The molecule has 1 saturated carbocycles. The third-order valence-electron chi connectivity index (χ3n) is 4.60. The standard InChI is InChI=1S/C17H28N6OS.HI/c1-12-15(25-13(2)20-12)10-19-17(18-3)23-8-6-22(7-9-23)11-16(24)21-14-4-5-14;/h14H,4-11H2,1-3H3,(H,18,19)(H,21,24);1H. The van der Waals surface area contributed by atoms with Gasteiger partial charge in [0.15, 0.2) is 5.96 Å². The van der Waals surface area contributed by atoms with Crippen LogP contribution in [0.15, 0.2) is 4.99 Å². The highest BCUT2D eigenvalue weighted by atomic mass is 127. The second-order valence-corrected chi connectivity index (χ2v) is 8.03. The van der Waals surface area contributed by atoms with Crippen LogP contribution in [0.2, 0.25) is 0 Å². The van der Waals surface area contributed by atoms with Crippen molar-refractivity contribution in [1.82, 2.24) is 25.4 Å². The van der Waals surface area contributed by atoms with Gasteiger partial charge in [-0.1, -0.05) is 0 Å². The molecule has 1 amide bonds. The van der Waals surface area contributed by atoms with Crippen LogP contribution in [-0.2, 0) is 11.3 Å². The second-order valence-electron chi connectivity index (χ2n) is 6.75. The molecule has 0 unspecified atom stereocenters. The van der Waals surface area contributed by atoms with Crippen molar-refractivity contribution >= 4 is 47.2 Å². The van der Waals surface area contributed by atoms with Crippen molar-refractivity contribution in [3.05, 3.63) is 15.6 Å². The van der Waals surface area contributed by atoms with Crippen molar-refractivity contribution in [3.8, 4) is 0 Å². The number of aromatic nitrogens is 1. The van der Waals surface area contributed by atoms with Gasteiger partial charge in [0.05, 0.1) is 23.8 Å². The van der Waals surface area contributed by atoms with Crippen LogP contribution in [0.25, 0.3) is 0 Å². The van der Waals surface area contributed by atoms with E-state index in [2.05, 4.69) is 37.3 Å². The fourth-order valence-electron chi connectivity index (χ4n) is 3.05. The summed E-state index contributed by atoms with van der Waals surface area (Å²) in [4.78, 5) is 26.5. The number of guanidine groups is 1. The number of halogens is 1. The summed E-state index contributed by atoms with van der Waals surface area (Å²) in [5.41, 5.74) is 1.09. The third-order valence-corrected chi connectivity index (χ3v) is 5.67. The Balaban J connectivity index is 0.00000243. The van der Waals surface area contributed by atoms with Crippen LogP contribution in [0, 0.1) is 13.8 Å². The number of hydrogen-bond acceptors (Lipinski definition) is 5. The molecular formula is C17H29IN6OS. The summed E-state index contributed by atoms with van der Waals surface area (Å²) in [6.07, 6.45) is 2.28. The minimum absolute atomic E-state index is 0. The fraction of sp³-hybridized carbons (Fsp3) is 0.706. The Morgan fingerprint density at radius 3 is 2.50 bits per heavy atom. The Hall–Kier alpha value is -0.940. The highest BCUT2D eigenvalue weighted by Gasteiger charge is 2.25. The molecule has 2 fully saturated rings. The zero-order valence-electron chi connectivity index (χ0n) is 15.7. The molecule has 146 valence electrons. The lowest BCUT2D eigenvalue weighted by Gasteiger charge is -2.36. The first-order valence-electron chi connectivity index (χ1n) is 8.95. The summed E-state index contributed by atoms with van der Waals surface area (Å²) in [7, 11) is 1.82. The van der Waals surface area contributed by atoms with Crippen molar-refractivity contribution in [2.75, 3.05) is 39.8 Å². The molecule has 2 heterocycles. The number of rotatable bonds is 5. The lowest BCUT2D eigenvalue weighted by molar-refractivity contribution is -0.122. The Labute approximate surface area is 176 Å². The van der Waals surface area contributed by atoms with E-state index in [1.807, 2.05) is 14.0 Å². The predicted octanol–water partition coefficient (Wildman–Crippen LogP) is 1.35. The number of carbonyl (C=O) groups excluding carboxylic acids is 1. The van der Waals surface area contributed by atoms with Gasteiger partial charge in [0.1, 0.15) is 0 Å². The fourth-order valence-corrected chi connectivity index (χ4v) is 3.93. The molecule has 0 radical (unpaired) electrons. The van der Waals surface area contributed by atoms with Crippen molar-refractivity contribution in [2.24, 2.45) is 4.99 Å². The van der Waals surface area contributed by atoms with E-state index in [4.69, 9.17) is 0 Å². The van der Waals surface area contributed by atoms with Crippen molar-refractivity contribution in [2.45, 2.75) is 39.3 Å². The van der Waals surface area contributed by atoms with Crippen molar-refractivity contribution in [1.29, 1.82) is 0 Å². The molecule has 0 aromatic carbocycles.